The van der Waals surface area contributed by atoms with Crippen LogP contribution in [0.3, 0.4) is 0 Å². The smallest absolute Gasteiger partial charge is 0.338 e. The van der Waals surface area contributed by atoms with E-state index in [1.165, 1.54) is 7.11 Å². The molecule has 0 radical (unpaired) electrons. The van der Waals surface area contributed by atoms with Crippen LogP contribution in [-0.2, 0) is 122 Å². The van der Waals surface area contributed by atoms with Gasteiger partial charge in [0, 0.05) is 7.11 Å². The SMILES string of the molecule is COC1OC(COC2OC(COC3OC(COCc4ccccc4)C(OCc4ccccc4)C(OCc4ccccc4)C3OCc3ccccc3)C(OC(=O)c3ccccc3)C(OC(=O)c3ccccc3)C2OC(=O)c2ccccc2)C(OCc2ccccc2)C(OCc2ccccc2)C1OCc1ccccc1. The topological polar surface area (TPSA) is 199 Å². The Morgan fingerprint density at radius 2 is 0.481 bits per heavy atom. The molecule has 19 heteroatoms. The van der Waals surface area contributed by atoms with Crippen molar-refractivity contribution in [2.75, 3.05) is 26.9 Å². The lowest BCUT2D eigenvalue weighted by Crippen LogP contribution is -2.65. The normalized spacial score (nSPS) is 24.1. The van der Waals surface area contributed by atoms with Gasteiger partial charge in [-0.1, -0.05) is 267 Å². The average Bonchev–Trinajstić information content (AvgIpc) is 0.772. The molecule has 0 aliphatic carbocycles. The van der Waals surface area contributed by atoms with Gasteiger partial charge in [-0.05, 0) is 75.3 Å². The average molecular weight is 1460 g/mol. The molecule has 108 heavy (non-hydrogen) atoms. The van der Waals surface area contributed by atoms with Crippen LogP contribution in [0.4, 0.5) is 0 Å². The number of methoxy groups -OCH3 is 1. The third-order valence-electron chi connectivity index (χ3n) is 18.7. The molecule has 3 saturated heterocycles. The molecule has 0 aromatic heterocycles. The van der Waals surface area contributed by atoms with Crippen molar-refractivity contribution >= 4 is 17.9 Å². The highest BCUT2D eigenvalue weighted by Gasteiger charge is 2.57. The summed E-state index contributed by atoms with van der Waals surface area (Å²) in [7, 11) is 1.51. The fourth-order valence-corrected chi connectivity index (χ4v) is 13.2. The van der Waals surface area contributed by atoms with Crippen LogP contribution >= 0.6 is 0 Å². The van der Waals surface area contributed by atoms with E-state index < -0.39 is 123 Å². The zero-order valence-corrected chi connectivity index (χ0v) is 59.9. The van der Waals surface area contributed by atoms with Gasteiger partial charge in [-0.25, -0.2) is 14.4 Å². The van der Waals surface area contributed by atoms with Gasteiger partial charge in [-0.3, -0.25) is 0 Å². The Labute approximate surface area is 629 Å². The van der Waals surface area contributed by atoms with Crippen LogP contribution < -0.4 is 0 Å². The zero-order valence-electron chi connectivity index (χ0n) is 59.9. The molecule has 3 aliphatic heterocycles. The quantitative estimate of drug-likeness (QED) is 0.0268. The summed E-state index contributed by atoms with van der Waals surface area (Å²) in [6.45, 7) is 0.0831. The fourth-order valence-electron chi connectivity index (χ4n) is 13.2. The Bertz CT molecular complexity index is 4260. The van der Waals surface area contributed by atoms with Gasteiger partial charge in [0.2, 0.25) is 0 Å². The lowest BCUT2D eigenvalue weighted by Gasteiger charge is -2.48. The van der Waals surface area contributed by atoms with E-state index in [2.05, 4.69) is 0 Å². The predicted molar refractivity (Wildman–Crippen MR) is 398 cm³/mol. The maximum Gasteiger partial charge on any atom is 0.338 e. The number of hydrogen-bond acceptors (Lipinski definition) is 19. The molecule has 0 saturated carbocycles. The first-order valence-corrected chi connectivity index (χ1v) is 36.3. The molecule has 15 unspecified atom stereocenters. The van der Waals surface area contributed by atoms with Gasteiger partial charge in [0.05, 0.1) is 82.8 Å². The summed E-state index contributed by atoms with van der Waals surface area (Å²) in [4.78, 5) is 45.1. The Balaban J connectivity index is 0.903. The highest BCUT2D eigenvalue weighted by Crippen LogP contribution is 2.38. The first-order valence-electron chi connectivity index (χ1n) is 36.3. The molecule has 15 atom stereocenters. The van der Waals surface area contributed by atoms with Gasteiger partial charge >= 0.3 is 17.9 Å². The van der Waals surface area contributed by atoms with Crippen molar-refractivity contribution in [1.29, 1.82) is 0 Å². The molecule has 0 amide bonds. The van der Waals surface area contributed by atoms with Crippen molar-refractivity contribution in [3.63, 3.8) is 0 Å². The Morgan fingerprint density at radius 3 is 0.815 bits per heavy atom. The minimum Gasteiger partial charge on any atom is -0.452 e. The minimum atomic E-state index is -1.73. The Hall–Kier alpha value is -9.91. The second-order valence-corrected chi connectivity index (χ2v) is 26.3. The highest BCUT2D eigenvalue weighted by molar-refractivity contribution is 5.91. The third-order valence-corrected chi connectivity index (χ3v) is 18.7. The number of rotatable bonds is 35. The molecule has 13 rings (SSSR count). The van der Waals surface area contributed by atoms with Crippen LogP contribution in [0.5, 0.6) is 0 Å². The van der Waals surface area contributed by atoms with Crippen LogP contribution in [-0.4, -0.2) is 137 Å². The molecule has 10 aromatic carbocycles. The van der Waals surface area contributed by atoms with E-state index in [-0.39, 0.29) is 69.5 Å². The molecule has 0 bridgehead atoms. The van der Waals surface area contributed by atoms with Crippen molar-refractivity contribution in [2.45, 2.75) is 138 Å². The van der Waals surface area contributed by atoms with Crippen LogP contribution in [0.25, 0.3) is 0 Å². The van der Waals surface area contributed by atoms with E-state index in [9.17, 15) is 4.79 Å². The van der Waals surface area contributed by atoms with Gasteiger partial charge in [-0.15, -0.1) is 0 Å². The summed E-state index contributed by atoms with van der Waals surface area (Å²) in [5, 5.41) is 0. The van der Waals surface area contributed by atoms with Gasteiger partial charge in [0.15, 0.2) is 37.2 Å². The summed E-state index contributed by atoms with van der Waals surface area (Å²) in [6, 6.07) is 92.9. The highest BCUT2D eigenvalue weighted by atomic mass is 16.8. The molecular formula is C89H88O19. The molecule has 3 aliphatic rings. The van der Waals surface area contributed by atoms with E-state index in [4.69, 9.17) is 75.8 Å². The number of carbonyl (C=O) groups excluding carboxylic acids is 3. The lowest BCUT2D eigenvalue weighted by atomic mass is 9.96. The molecule has 0 N–H and O–H groups in total. The van der Waals surface area contributed by atoms with Crippen molar-refractivity contribution in [1.82, 2.24) is 0 Å². The largest absolute Gasteiger partial charge is 0.452 e. The lowest BCUT2D eigenvalue weighted by molar-refractivity contribution is -0.352. The minimum absolute atomic E-state index is 0.00871. The molecular weight excluding hydrogens is 1370 g/mol. The summed E-state index contributed by atoms with van der Waals surface area (Å²) in [5.41, 5.74) is 6.58. The second-order valence-electron chi connectivity index (χ2n) is 26.3. The van der Waals surface area contributed by atoms with Crippen LogP contribution in [0.15, 0.2) is 303 Å². The monoisotopic (exact) mass is 1460 g/mol. The van der Waals surface area contributed by atoms with Crippen molar-refractivity contribution in [3.05, 3.63) is 359 Å². The van der Waals surface area contributed by atoms with E-state index in [1.54, 1.807) is 91.0 Å². The molecule has 3 heterocycles. The molecule has 10 aromatic rings. The number of carbonyl (C=O) groups is 3. The van der Waals surface area contributed by atoms with Gasteiger partial charge in [0.1, 0.15) is 54.9 Å². The number of benzene rings is 10. The first-order chi connectivity index (χ1) is 53.3. The van der Waals surface area contributed by atoms with Crippen LogP contribution in [0.2, 0.25) is 0 Å². The molecule has 558 valence electrons. The van der Waals surface area contributed by atoms with E-state index in [0.29, 0.717) is 0 Å². The zero-order chi connectivity index (χ0) is 73.9. The van der Waals surface area contributed by atoms with Crippen LogP contribution in [0, 0.1) is 0 Å². The fraction of sp³-hybridized carbons (Fsp3) is 0.292. The predicted octanol–water partition coefficient (Wildman–Crippen LogP) is 14.2. The van der Waals surface area contributed by atoms with E-state index in [0.717, 1.165) is 38.9 Å². The summed E-state index contributed by atoms with van der Waals surface area (Å²) < 4.78 is 110. The standard InChI is InChI=1S/C89H88O19/c1-93-87-81(99-57-67-42-22-7-23-43-67)78(97-55-65-38-18-5-19-39-65)76(96-54-64-36-16-4-17-37-64)73(103-87)60-102-89-83(108-86(92)71-50-30-11-31-51-71)80(107-85(91)70-48-28-10-29-49-70)77(106-84(90)69-46-26-9-27-47-69)74(105-89)61-101-88-82(100-58-68-44-24-8-25-45-68)79(98-56-66-40-20-6-21-41-66)75(95-53-63-34-14-3-15-35-63)72(104-88)59-94-52-62-32-12-2-13-33-62/h2-51,72-83,87-89H,52-61H2,1H3. The third kappa shape index (κ3) is 21.3. The van der Waals surface area contributed by atoms with Gasteiger partial charge < -0.3 is 75.8 Å². The van der Waals surface area contributed by atoms with Gasteiger partial charge in [0.25, 0.3) is 0 Å². The molecule has 3 fully saturated rings. The number of esters is 3. The second kappa shape index (κ2) is 39.8. The molecule has 19 nitrogen and oxygen atoms in total. The summed E-state index contributed by atoms with van der Waals surface area (Å²) in [5.74, 6) is -2.56. The van der Waals surface area contributed by atoms with E-state index >= 15 is 9.59 Å². The van der Waals surface area contributed by atoms with E-state index in [1.807, 2.05) is 212 Å². The number of ether oxygens (including phenoxy) is 16. The Kier molecular flexibility index (Phi) is 28.1. The van der Waals surface area contributed by atoms with Crippen molar-refractivity contribution in [2.24, 2.45) is 0 Å². The van der Waals surface area contributed by atoms with Crippen molar-refractivity contribution in [3.8, 4) is 0 Å². The molecule has 0 spiro atoms. The first kappa shape index (κ1) is 76.3. The van der Waals surface area contributed by atoms with Gasteiger partial charge in [-0.2, -0.15) is 0 Å². The maximum absolute atomic E-state index is 15.1. The van der Waals surface area contributed by atoms with Crippen LogP contribution in [0.1, 0.15) is 70.0 Å². The maximum atomic E-state index is 15.1. The van der Waals surface area contributed by atoms with Crippen molar-refractivity contribution < 1.29 is 90.2 Å². The number of hydrogen-bond donors (Lipinski definition) is 0. The summed E-state index contributed by atoms with van der Waals surface area (Å²) >= 11 is 0. The Morgan fingerprint density at radius 1 is 0.241 bits per heavy atom. The summed E-state index contributed by atoms with van der Waals surface area (Å²) in [6.07, 6.45) is -18.4.